The van der Waals surface area contributed by atoms with Gasteiger partial charge in [-0.15, -0.1) is 0 Å². The molecule has 4 saturated heterocycles. The fraction of sp³-hybridized carbons (Fsp3) is 0.714. The highest BCUT2D eigenvalue weighted by Gasteiger charge is 2.33. The van der Waals surface area contributed by atoms with E-state index in [9.17, 15) is 0 Å². The summed E-state index contributed by atoms with van der Waals surface area (Å²) in [4.78, 5) is 4.92. The van der Waals surface area contributed by atoms with Gasteiger partial charge in [-0.05, 0) is 30.2 Å². The number of hydrogen-bond acceptors (Lipinski definition) is 6. The predicted octanol–water partition coefficient (Wildman–Crippen LogP) is 1.85. The Bertz CT molecular complexity index is 626. The average molecular weight is 374 g/mol. The van der Waals surface area contributed by atoms with Crippen molar-refractivity contribution in [3.05, 3.63) is 23.8 Å². The average Bonchev–Trinajstić information content (AvgIpc) is 3.50. The number of ether oxygens (including phenoxy) is 4. The normalized spacial score (nSPS) is 30.1. The zero-order chi connectivity index (χ0) is 18.2. The number of benzene rings is 1. The number of anilines is 2. The van der Waals surface area contributed by atoms with Crippen LogP contribution in [-0.2, 0) is 25.4 Å². The van der Waals surface area contributed by atoms with Crippen molar-refractivity contribution >= 4 is 11.4 Å². The Hall–Kier alpha value is -1.34. The second-order valence-corrected chi connectivity index (χ2v) is 8.19. The molecule has 1 aromatic rings. The van der Waals surface area contributed by atoms with Crippen molar-refractivity contribution in [3.63, 3.8) is 0 Å². The van der Waals surface area contributed by atoms with E-state index in [1.54, 1.807) is 0 Å². The van der Waals surface area contributed by atoms with Crippen LogP contribution < -0.4 is 9.80 Å². The first kappa shape index (κ1) is 17.7. The molecule has 4 aliphatic heterocycles. The van der Waals surface area contributed by atoms with E-state index in [-0.39, 0.29) is 0 Å². The summed E-state index contributed by atoms with van der Waals surface area (Å²) in [5.74, 6) is 0. The first-order valence-electron chi connectivity index (χ1n) is 10.4. The molecular formula is C21H30N2O4. The molecule has 27 heavy (non-hydrogen) atoms. The molecule has 1 aromatic carbocycles. The molecular weight excluding hydrogens is 344 g/mol. The van der Waals surface area contributed by atoms with Crippen LogP contribution in [0.4, 0.5) is 11.4 Å². The van der Waals surface area contributed by atoms with Gasteiger partial charge in [0.15, 0.2) is 0 Å². The monoisotopic (exact) mass is 374 g/mol. The van der Waals surface area contributed by atoms with Gasteiger partial charge in [-0.1, -0.05) is 13.3 Å². The van der Waals surface area contributed by atoms with Crippen LogP contribution in [-0.4, -0.2) is 77.0 Å². The van der Waals surface area contributed by atoms with Gasteiger partial charge in [0.05, 0.1) is 50.8 Å². The highest BCUT2D eigenvalue weighted by atomic mass is 16.6. The third kappa shape index (κ3) is 4.93. The topological polar surface area (TPSA) is 56.6 Å². The first-order chi connectivity index (χ1) is 13.3. The molecule has 0 spiro atoms. The number of nitrogens with zero attached hydrogens (tertiary/aromatic N) is 2. The molecule has 4 heterocycles. The SMILES string of the molecule is CCCc1cc(N(CC2CO2)CC2CO2)ccc1N(CC1CO1)CC1CO1. The molecule has 0 radical (unpaired) electrons. The molecule has 4 unspecified atom stereocenters. The third-order valence-electron chi connectivity index (χ3n) is 5.59. The van der Waals surface area contributed by atoms with Crippen LogP contribution in [0.25, 0.3) is 0 Å². The van der Waals surface area contributed by atoms with Crippen LogP contribution in [0.2, 0.25) is 0 Å². The van der Waals surface area contributed by atoms with Gasteiger partial charge in [0, 0.05) is 37.6 Å². The standard InChI is InChI=1S/C21H30N2O4/c1-2-3-15-6-16(22(7-17-11-24-17)8-18-12-25-18)4-5-21(15)23(9-19-13-26-19)10-20-14-27-20/h4-6,17-20H,2-3,7-14H2,1H3. The number of epoxide rings is 4. The fourth-order valence-electron chi connectivity index (χ4n) is 3.78. The molecule has 4 fully saturated rings. The van der Waals surface area contributed by atoms with Gasteiger partial charge in [-0.2, -0.15) is 0 Å². The third-order valence-corrected chi connectivity index (χ3v) is 5.59. The van der Waals surface area contributed by atoms with Gasteiger partial charge in [-0.3, -0.25) is 0 Å². The molecule has 4 atom stereocenters. The van der Waals surface area contributed by atoms with Crippen molar-refractivity contribution in [2.45, 2.75) is 44.2 Å². The van der Waals surface area contributed by atoms with Crippen molar-refractivity contribution in [1.29, 1.82) is 0 Å². The van der Waals surface area contributed by atoms with Crippen LogP contribution in [0, 0.1) is 0 Å². The van der Waals surface area contributed by atoms with E-state index in [4.69, 9.17) is 18.9 Å². The summed E-state index contributed by atoms with van der Waals surface area (Å²) in [5.41, 5.74) is 4.06. The second kappa shape index (κ2) is 7.59. The Balaban J connectivity index is 1.38. The summed E-state index contributed by atoms with van der Waals surface area (Å²) in [6, 6.07) is 6.96. The van der Waals surface area contributed by atoms with Crippen LogP contribution >= 0.6 is 0 Å². The van der Waals surface area contributed by atoms with Crippen LogP contribution in [0.5, 0.6) is 0 Å². The Morgan fingerprint density at radius 3 is 1.70 bits per heavy atom. The van der Waals surface area contributed by atoms with Gasteiger partial charge in [0.25, 0.3) is 0 Å². The van der Waals surface area contributed by atoms with Gasteiger partial charge in [0.1, 0.15) is 0 Å². The lowest BCUT2D eigenvalue weighted by molar-refractivity contribution is 0.388. The van der Waals surface area contributed by atoms with E-state index < -0.39 is 0 Å². The minimum absolute atomic E-state index is 0.383. The van der Waals surface area contributed by atoms with E-state index in [0.29, 0.717) is 24.4 Å². The number of rotatable bonds is 12. The maximum atomic E-state index is 5.51. The molecule has 4 aliphatic rings. The van der Waals surface area contributed by atoms with E-state index in [2.05, 4.69) is 34.9 Å². The summed E-state index contributed by atoms with van der Waals surface area (Å²) in [7, 11) is 0. The van der Waals surface area contributed by atoms with Crippen molar-refractivity contribution in [3.8, 4) is 0 Å². The molecule has 148 valence electrons. The molecule has 6 heteroatoms. The van der Waals surface area contributed by atoms with E-state index in [0.717, 1.165) is 65.4 Å². The molecule has 6 nitrogen and oxygen atoms in total. The Kier molecular flexibility index (Phi) is 4.98. The van der Waals surface area contributed by atoms with Gasteiger partial charge in [-0.25, -0.2) is 0 Å². The maximum Gasteiger partial charge on any atom is 0.0984 e. The van der Waals surface area contributed by atoms with Gasteiger partial charge >= 0.3 is 0 Å². The highest BCUT2D eigenvalue weighted by molar-refractivity contribution is 5.62. The van der Waals surface area contributed by atoms with E-state index in [1.165, 1.54) is 16.9 Å². The molecule has 0 amide bonds. The summed E-state index contributed by atoms with van der Waals surface area (Å²) < 4.78 is 22.0. The Labute approximate surface area is 161 Å². The molecule has 0 aromatic heterocycles. The number of hydrogen-bond donors (Lipinski definition) is 0. The van der Waals surface area contributed by atoms with Crippen LogP contribution in [0.3, 0.4) is 0 Å². The van der Waals surface area contributed by atoms with E-state index >= 15 is 0 Å². The molecule has 5 rings (SSSR count). The highest BCUT2D eigenvalue weighted by Crippen LogP contribution is 2.32. The second-order valence-electron chi connectivity index (χ2n) is 8.19. The Morgan fingerprint density at radius 2 is 1.26 bits per heavy atom. The maximum absolute atomic E-state index is 5.51. The summed E-state index contributed by atoms with van der Waals surface area (Å²) >= 11 is 0. The van der Waals surface area contributed by atoms with Gasteiger partial charge < -0.3 is 28.7 Å². The molecule has 0 saturated carbocycles. The van der Waals surface area contributed by atoms with Crippen molar-refractivity contribution in [2.24, 2.45) is 0 Å². The molecule has 0 N–H and O–H groups in total. The minimum Gasteiger partial charge on any atom is -0.371 e. The largest absolute Gasteiger partial charge is 0.371 e. The summed E-state index contributed by atoms with van der Waals surface area (Å²) in [6.07, 6.45) is 3.76. The summed E-state index contributed by atoms with van der Waals surface area (Å²) in [5, 5.41) is 0. The van der Waals surface area contributed by atoms with E-state index in [1.807, 2.05) is 0 Å². The summed E-state index contributed by atoms with van der Waals surface area (Å²) in [6.45, 7) is 9.65. The zero-order valence-corrected chi connectivity index (χ0v) is 16.1. The molecule has 0 aliphatic carbocycles. The lowest BCUT2D eigenvalue weighted by Crippen LogP contribution is -2.33. The fourth-order valence-corrected chi connectivity index (χ4v) is 3.78. The smallest absolute Gasteiger partial charge is 0.0984 e. The Morgan fingerprint density at radius 1 is 0.778 bits per heavy atom. The number of aryl methyl sites for hydroxylation is 1. The predicted molar refractivity (Wildman–Crippen MR) is 104 cm³/mol. The first-order valence-corrected chi connectivity index (χ1v) is 10.4. The van der Waals surface area contributed by atoms with Gasteiger partial charge in [0.2, 0.25) is 0 Å². The van der Waals surface area contributed by atoms with Crippen molar-refractivity contribution < 1.29 is 18.9 Å². The quantitative estimate of drug-likeness (QED) is 0.521. The lowest BCUT2D eigenvalue weighted by Gasteiger charge is -2.29. The zero-order valence-electron chi connectivity index (χ0n) is 16.1. The van der Waals surface area contributed by atoms with Crippen LogP contribution in [0.1, 0.15) is 18.9 Å². The van der Waals surface area contributed by atoms with Crippen molar-refractivity contribution in [2.75, 3.05) is 62.4 Å². The van der Waals surface area contributed by atoms with Crippen molar-refractivity contribution in [1.82, 2.24) is 0 Å². The molecule has 0 bridgehead atoms. The minimum atomic E-state index is 0.383. The van der Waals surface area contributed by atoms with Crippen LogP contribution in [0.15, 0.2) is 18.2 Å². The lowest BCUT2D eigenvalue weighted by atomic mass is 10.0.